The van der Waals surface area contributed by atoms with E-state index in [9.17, 15) is 4.79 Å². The van der Waals surface area contributed by atoms with E-state index in [1.807, 2.05) is 11.4 Å². The lowest BCUT2D eigenvalue weighted by Crippen LogP contribution is -2.40. The predicted octanol–water partition coefficient (Wildman–Crippen LogP) is 3.99. The average Bonchev–Trinajstić information content (AvgIpc) is 3.12. The number of anilines is 1. The van der Waals surface area contributed by atoms with E-state index in [1.165, 1.54) is 5.56 Å². The summed E-state index contributed by atoms with van der Waals surface area (Å²) in [7, 11) is 4.16. The summed E-state index contributed by atoms with van der Waals surface area (Å²) in [6.45, 7) is 5.24. The average molecular weight is 399 g/mol. The molecule has 150 valence electrons. The molecule has 5 nitrogen and oxygen atoms in total. The lowest BCUT2D eigenvalue weighted by molar-refractivity contribution is -0.121. The number of nitriles is 1. The van der Waals surface area contributed by atoms with E-state index in [2.05, 4.69) is 73.1 Å². The zero-order valence-electron chi connectivity index (χ0n) is 17.2. The Bertz CT molecular complexity index is 790. The first-order valence-electron chi connectivity index (χ1n) is 9.62. The maximum atomic E-state index is 12.5. The van der Waals surface area contributed by atoms with E-state index < -0.39 is 0 Å². The Hall–Kier alpha value is -2.36. The van der Waals surface area contributed by atoms with Gasteiger partial charge < -0.3 is 15.5 Å². The second kappa shape index (κ2) is 10.8. The molecule has 1 aromatic heterocycles. The van der Waals surface area contributed by atoms with E-state index in [-0.39, 0.29) is 18.5 Å². The summed E-state index contributed by atoms with van der Waals surface area (Å²) < 4.78 is 0. The molecule has 1 atom stereocenters. The van der Waals surface area contributed by atoms with Gasteiger partial charge in [-0.05, 0) is 44.0 Å². The molecule has 6 heteroatoms. The van der Waals surface area contributed by atoms with Crippen LogP contribution in [0.5, 0.6) is 0 Å². The summed E-state index contributed by atoms with van der Waals surface area (Å²) in [5.41, 5.74) is 4.52. The van der Waals surface area contributed by atoms with Gasteiger partial charge in [0.05, 0.1) is 11.8 Å². The van der Waals surface area contributed by atoms with Crippen LogP contribution in [0.15, 0.2) is 35.0 Å². The molecule has 0 aliphatic rings. The molecule has 0 fully saturated rings. The van der Waals surface area contributed by atoms with Gasteiger partial charge in [0.15, 0.2) is 0 Å². The van der Waals surface area contributed by atoms with E-state index in [0.717, 1.165) is 29.8 Å². The minimum absolute atomic E-state index is 0.0278. The van der Waals surface area contributed by atoms with Crippen LogP contribution in [-0.2, 0) is 11.2 Å². The maximum Gasteiger partial charge on any atom is 0.243 e. The van der Waals surface area contributed by atoms with Crippen LogP contribution in [0.2, 0.25) is 0 Å². The van der Waals surface area contributed by atoms with Crippen molar-refractivity contribution in [1.82, 2.24) is 10.2 Å². The van der Waals surface area contributed by atoms with Crippen LogP contribution in [0.3, 0.4) is 0 Å². The molecule has 0 radical (unpaired) electrons. The number of benzene rings is 1. The third kappa shape index (κ3) is 6.66. The molecule has 28 heavy (non-hydrogen) atoms. The Kier molecular flexibility index (Phi) is 8.49. The molecule has 0 unspecified atom stereocenters. The van der Waals surface area contributed by atoms with Gasteiger partial charge in [-0.15, -0.1) is 11.3 Å². The van der Waals surface area contributed by atoms with Crippen molar-refractivity contribution in [1.29, 1.82) is 5.26 Å². The summed E-state index contributed by atoms with van der Waals surface area (Å²) in [5.74, 6) is 0.231. The van der Waals surface area contributed by atoms with Gasteiger partial charge in [0.2, 0.25) is 5.91 Å². The number of carbonyl (C=O) groups excluding carboxylic acids is 1. The molecule has 0 saturated heterocycles. The summed E-state index contributed by atoms with van der Waals surface area (Å²) >= 11 is 1.62. The molecular weight excluding hydrogens is 368 g/mol. The third-order valence-corrected chi connectivity index (χ3v) is 5.21. The first-order valence-corrected chi connectivity index (χ1v) is 10.6. The highest BCUT2D eigenvalue weighted by atomic mass is 32.1. The SMILES string of the molecule is CC(C)C[C@H](Nc1cscc1-c1ccc(CCN(C)C)cc1)C(=O)NCC#N. The van der Waals surface area contributed by atoms with Crippen LogP contribution >= 0.6 is 11.3 Å². The first-order chi connectivity index (χ1) is 13.4. The van der Waals surface area contributed by atoms with Crippen LogP contribution in [0.1, 0.15) is 25.8 Å². The van der Waals surface area contributed by atoms with Gasteiger partial charge in [0, 0.05) is 22.9 Å². The Morgan fingerprint density at radius 3 is 2.54 bits per heavy atom. The van der Waals surface area contributed by atoms with Crippen molar-refractivity contribution in [2.24, 2.45) is 5.92 Å². The van der Waals surface area contributed by atoms with Crippen molar-refractivity contribution in [3.05, 3.63) is 40.6 Å². The van der Waals surface area contributed by atoms with Crippen molar-refractivity contribution >= 4 is 22.9 Å². The zero-order chi connectivity index (χ0) is 20.5. The van der Waals surface area contributed by atoms with Crippen LogP contribution in [0.4, 0.5) is 5.69 Å². The van der Waals surface area contributed by atoms with Gasteiger partial charge in [-0.2, -0.15) is 5.26 Å². The molecule has 1 heterocycles. The van der Waals surface area contributed by atoms with Crippen molar-refractivity contribution < 1.29 is 4.79 Å². The lowest BCUT2D eigenvalue weighted by atomic mass is 10.0. The molecule has 2 N–H and O–H groups in total. The summed E-state index contributed by atoms with van der Waals surface area (Å²) in [4.78, 5) is 14.6. The quantitative estimate of drug-likeness (QED) is 0.594. The predicted molar refractivity (Wildman–Crippen MR) is 118 cm³/mol. The molecule has 1 amide bonds. The first kappa shape index (κ1) is 21.9. The molecule has 2 aromatic rings. The normalized spacial score (nSPS) is 12.0. The van der Waals surface area contributed by atoms with Crippen LogP contribution in [0.25, 0.3) is 11.1 Å². The fourth-order valence-corrected chi connectivity index (χ4v) is 3.77. The molecule has 1 aromatic carbocycles. The fraction of sp³-hybridized carbons (Fsp3) is 0.455. The number of nitrogens with one attached hydrogen (secondary N) is 2. The molecule has 0 saturated carbocycles. The van der Waals surface area contributed by atoms with Crippen molar-refractivity contribution in [3.8, 4) is 17.2 Å². The highest BCUT2D eigenvalue weighted by Crippen LogP contribution is 2.33. The summed E-state index contributed by atoms with van der Waals surface area (Å²) in [5, 5.41) is 19.0. The minimum atomic E-state index is -0.360. The highest BCUT2D eigenvalue weighted by molar-refractivity contribution is 7.08. The lowest BCUT2D eigenvalue weighted by Gasteiger charge is -2.21. The van der Waals surface area contributed by atoms with E-state index >= 15 is 0 Å². The van der Waals surface area contributed by atoms with E-state index in [4.69, 9.17) is 5.26 Å². The number of amides is 1. The number of thiophene rings is 1. The van der Waals surface area contributed by atoms with Gasteiger partial charge in [-0.1, -0.05) is 38.1 Å². The standard InChI is InChI=1S/C22H30N4OS/c1-16(2)13-20(22(27)24-11-10-23)25-21-15-28-14-19(21)18-7-5-17(6-8-18)9-12-26(3)4/h5-8,14-16,20,25H,9,11-13H2,1-4H3,(H,24,27)/t20-/m0/s1. The van der Waals surface area contributed by atoms with Gasteiger partial charge in [-0.25, -0.2) is 0 Å². The second-order valence-corrected chi connectivity index (χ2v) is 8.40. The van der Waals surface area contributed by atoms with Crippen molar-refractivity contribution in [3.63, 3.8) is 0 Å². The smallest absolute Gasteiger partial charge is 0.243 e. The van der Waals surface area contributed by atoms with E-state index in [0.29, 0.717) is 12.3 Å². The van der Waals surface area contributed by atoms with Crippen LogP contribution in [-0.4, -0.2) is 44.0 Å². The van der Waals surface area contributed by atoms with Crippen molar-refractivity contribution in [2.75, 3.05) is 32.5 Å². The molecule has 0 spiro atoms. The molecule has 0 aliphatic heterocycles. The summed E-state index contributed by atoms with van der Waals surface area (Å²) in [6, 6.07) is 10.2. The second-order valence-electron chi connectivity index (χ2n) is 7.65. The molecule has 0 bridgehead atoms. The number of nitrogens with zero attached hydrogens (tertiary/aromatic N) is 2. The van der Waals surface area contributed by atoms with Gasteiger partial charge in [-0.3, -0.25) is 4.79 Å². The van der Waals surface area contributed by atoms with Gasteiger partial charge in [0.25, 0.3) is 0 Å². The molecule has 2 rings (SSSR count). The number of carbonyl (C=O) groups is 1. The Labute approximate surface area is 172 Å². The fourth-order valence-electron chi connectivity index (χ4n) is 2.98. The largest absolute Gasteiger partial charge is 0.372 e. The topological polar surface area (TPSA) is 68.2 Å². The Morgan fingerprint density at radius 2 is 1.93 bits per heavy atom. The zero-order valence-corrected chi connectivity index (χ0v) is 18.0. The minimum Gasteiger partial charge on any atom is -0.372 e. The van der Waals surface area contributed by atoms with Gasteiger partial charge >= 0.3 is 0 Å². The number of rotatable bonds is 10. The monoisotopic (exact) mass is 398 g/mol. The van der Waals surface area contributed by atoms with Gasteiger partial charge in [0.1, 0.15) is 12.6 Å². The number of likely N-dealkylation sites (N-methyl/N-ethyl adjacent to an activating group) is 1. The molecule has 0 aliphatic carbocycles. The maximum absolute atomic E-state index is 12.5. The van der Waals surface area contributed by atoms with Crippen molar-refractivity contribution in [2.45, 2.75) is 32.7 Å². The Morgan fingerprint density at radius 1 is 1.21 bits per heavy atom. The number of hydrogen-bond acceptors (Lipinski definition) is 5. The molecular formula is C22H30N4OS. The summed E-state index contributed by atoms with van der Waals surface area (Å²) in [6.07, 6.45) is 1.73. The van der Waals surface area contributed by atoms with Crippen LogP contribution in [0, 0.1) is 17.2 Å². The third-order valence-electron chi connectivity index (χ3n) is 4.47. The highest BCUT2D eigenvalue weighted by Gasteiger charge is 2.21. The van der Waals surface area contributed by atoms with Crippen LogP contribution < -0.4 is 10.6 Å². The number of hydrogen-bond donors (Lipinski definition) is 2. The van der Waals surface area contributed by atoms with E-state index in [1.54, 1.807) is 11.3 Å². The Balaban J connectivity index is 2.14.